The molecule has 0 amide bonds. The lowest BCUT2D eigenvalue weighted by molar-refractivity contribution is 0.151. The number of ether oxygens (including phenoxy) is 2. The van der Waals surface area contributed by atoms with E-state index in [2.05, 4.69) is 11.9 Å². The standard InChI is InChI=1S/C15H24N2O2/c1-17(12-5-4-6-12)10-13(16)11-7-8-14(18-2)15(9-11)19-3/h7-9,12-13H,4-6,10,16H2,1-3H3. The average Bonchev–Trinajstić information content (AvgIpc) is 2.35. The largest absolute Gasteiger partial charge is 0.493 e. The quantitative estimate of drug-likeness (QED) is 0.855. The number of nitrogens with zero attached hydrogens (tertiary/aromatic N) is 1. The molecular formula is C15H24N2O2. The first-order valence-corrected chi connectivity index (χ1v) is 6.83. The molecule has 1 aliphatic rings. The minimum absolute atomic E-state index is 0.00501. The van der Waals surface area contributed by atoms with E-state index in [4.69, 9.17) is 15.2 Å². The van der Waals surface area contributed by atoms with Crippen molar-refractivity contribution >= 4 is 0 Å². The van der Waals surface area contributed by atoms with E-state index < -0.39 is 0 Å². The molecule has 1 unspecified atom stereocenters. The van der Waals surface area contributed by atoms with Crippen molar-refractivity contribution in [2.24, 2.45) is 5.73 Å². The molecule has 0 spiro atoms. The first-order chi connectivity index (χ1) is 9.15. The first kappa shape index (κ1) is 14.2. The van der Waals surface area contributed by atoms with Crippen LogP contribution in [0.25, 0.3) is 0 Å². The number of hydrogen-bond acceptors (Lipinski definition) is 4. The molecule has 0 bridgehead atoms. The van der Waals surface area contributed by atoms with Gasteiger partial charge in [0.05, 0.1) is 14.2 Å². The molecule has 0 heterocycles. The normalized spacial score (nSPS) is 17.1. The summed E-state index contributed by atoms with van der Waals surface area (Å²) in [6.45, 7) is 0.875. The Bertz CT molecular complexity index is 419. The molecule has 1 saturated carbocycles. The Morgan fingerprint density at radius 3 is 2.47 bits per heavy atom. The van der Waals surface area contributed by atoms with Crippen molar-refractivity contribution in [1.29, 1.82) is 0 Å². The van der Waals surface area contributed by atoms with Crippen LogP contribution in [0, 0.1) is 0 Å². The zero-order valence-electron chi connectivity index (χ0n) is 12.1. The lowest BCUT2D eigenvalue weighted by Crippen LogP contribution is -2.41. The third-order valence-electron chi connectivity index (χ3n) is 4.02. The SMILES string of the molecule is COc1ccc(C(N)CN(C)C2CCC2)cc1OC. The summed E-state index contributed by atoms with van der Waals surface area (Å²) < 4.78 is 10.6. The Labute approximate surface area is 115 Å². The Hall–Kier alpha value is -1.26. The van der Waals surface area contributed by atoms with E-state index in [1.165, 1.54) is 19.3 Å². The maximum atomic E-state index is 6.29. The molecule has 19 heavy (non-hydrogen) atoms. The highest BCUT2D eigenvalue weighted by Gasteiger charge is 2.23. The van der Waals surface area contributed by atoms with Crippen LogP contribution in [0.5, 0.6) is 11.5 Å². The summed E-state index contributed by atoms with van der Waals surface area (Å²) in [6, 6.07) is 6.62. The third-order valence-corrected chi connectivity index (χ3v) is 4.02. The van der Waals surface area contributed by atoms with E-state index in [-0.39, 0.29) is 6.04 Å². The van der Waals surface area contributed by atoms with E-state index in [1.54, 1.807) is 14.2 Å². The summed E-state index contributed by atoms with van der Waals surface area (Å²) in [5.41, 5.74) is 7.38. The minimum atomic E-state index is 0.00501. The van der Waals surface area contributed by atoms with E-state index in [0.717, 1.165) is 23.6 Å². The molecule has 0 radical (unpaired) electrons. The lowest BCUT2D eigenvalue weighted by Gasteiger charge is -2.36. The van der Waals surface area contributed by atoms with Gasteiger partial charge in [0.25, 0.3) is 0 Å². The van der Waals surface area contributed by atoms with Crippen molar-refractivity contribution in [3.8, 4) is 11.5 Å². The molecule has 0 saturated heterocycles. The van der Waals surface area contributed by atoms with Crippen LogP contribution < -0.4 is 15.2 Å². The second-order valence-corrected chi connectivity index (χ2v) is 5.25. The fraction of sp³-hybridized carbons (Fsp3) is 0.600. The molecule has 1 fully saturated rings. The van der Waals surface area contributed by atoms with Crippen LogP contribution in [0.4, 0.5) is 0 Å². The Kier molecular flexibility index (Phi) is 4.66. The van der Waals surface area contributed by atoms with Gasteiger partial charge >= 0.3 is 0 Å². The summed E-state index contributed by atoms with van der Waals surface area (Å²) in [5.74, 6) is 1.48. The Balaban J connectivity index is 2.03. The Morgan fingerprint density at radius 2 is 1.95 bits per heavy atom. The van der Waals surface area contributed by atoms with Gasteiger partial charge in [0, 0.05) is 18.6 Å². The molecule has 1 aromatic carbocycles. The van der Waals surface area contributed by atoms with E-state index in [9.17, 15) is 0 Å². The van der Waals surface area contributed by atoms with Gasteiger partial charge in [-0.25, -0.2) is 0 Å². The third kappa shape index (κ3) is 3.19. The van der Waals surface area contributed by atoms with Gasteiger partial charge in [-0.15, -0.1) is 0 Å². The smallest absolute Gasteiger partial charge is 0.161 e. The molecule has 2 rings (SSSR count). The monoisotopic (exact) mass is 264 g/mol. The first-order valence-electron chi connectivity index (χ1n) is 6.83. The molecule has 4 heteroatoms. The maximum Gasteiger partial charge on any atom is 0.161 e. The molecule has 0 aromatic heterocycles. The molecule has 4 nitrogen and oxygen atoms in total. The second kappa shape index (κ2) is 6.26. The summed E-state index contributed by atoms with van der Waals surface area (Å²) in [7, 11) is 5.44. The van der Waals surface area contributed by atoms with Gasteiger partial charge in [-0.3, -0.25) is 0 Å². The molecular weight excluding hydrogens is 240 g/mol. The summed E-state index contributed by atoms with van der Waals surface area (Å²) in [4.78, 5) is 2.37. The number of rotatable bonds is 6. The van der Waals surface area contributed by atoms with Crippen LogP contribution >= 0.6 is 0 Å². The molecule has 1 aromatic rings. The van der Waals surface area contributed by atoms with Gasteiger partial charge in [0.2, 0.25) is 0 Å². The van der Waals surface area contributed by atoms with E-state index in [1.807, 2.05) is 18.2 Å². The highest BCUT2D eigenvalue weighted by molar-refractivity contribution is 5.43. The van der Waals surface area contributed by atoms with Crippen LogP contribution in [-0.2, 0) is 0 Å². The Morgan fingerprint density at radius 1 is 1.26 bits per heavy atom. The second-order valence-electron chi connectivity index (χ2n) is 5.25. The van der Waals surface area contributed by atoms with Crippen molar-refractivity contribution < 1.29 is 9.47 Å². The van der Waals surface area contributed by atoms with Crippen LogP contribution in [0.1, 0.15) is 30.9 Å². The summed E-state index contributed by atoms with van der Waals surface area (Å²) >= 11 is 0. The number of nitrogens with two attached hydrogens (primary N) is 1. The topological polar surface area (TPSA) is 47.7 Å². The van der Waals surface area contributed by atoms with Gasteiger partial charge in [0.1, 0.15) is 0 Å². The van der Waals surface area contributed by atoms with Gasteiger partial charge < -0.3 is 20.1 Å². The van der Waals surface area contributed by atoms with Crippen LogP contribution in [-0.4, -0.2) is 38.8 Å². The van der Waals surface area contributed by atoms with E-state index >= 15 is 0 Å². The van der Waals surface area contributed by atoms with E-state index in [0.29, 0.717) is 6.04 Å². The van der Waals surface area contributed by atoms with Crippen molar-refractivity contribution in [1.82, 2.24) is 4.90 Å². The zero-order valence-corrected chi connectivity index (χ0v) is 12.1. The minimum Gasteiger partial charge on any atom is -0.493 e. The van der Waals surface area contributed by atoms with Crippen LogP contribution in [0.3, 0.4) is 0 Å². The van der Waals surface area contributed by atoms with Gasteiger partial charge in [-0.2, -0.15) is 0 Å². The predicted molar refractivity (Wildman–Crippen MR) is 76.7 cm³/mol. The number of benzene rings is 1. The average molecular weight is 264 g/mol. The fourth-order valence-electron chi connectivity index (χ4n) is 2.48. The van der Waals surface area contributed by atoms with Gasteiger partial charge in [-0.05, 0) is 37.6 Å². The number of likely N-dealkylation sites (N-methyl/N-ethyl adjacent to an activating group) is 1. The highest BCUT2D eigenvalue weighted by Crippen LogP contribution is 2.30. The zero-order chi connectivity index (χ0) is 13.8. The molecule has 2 N–H and O–H groups in total. The van der Waals surface area contributed by atoms with Gasteiger partial charge in [-0.1, -0.05) is 12.5 Å². The number of methoxy groups -OCH3 is 2. The molecule has 106 valence electrons. The fourth-order valence-corrected chi connectivity index (χ4v) is 2.48. The molecule has 1 atom stereocenters. The number of hydrogen-bond donors (Lipinski definition) is 1. The van der Waals surface area contributed by atoms with Crippen LogP contribution in [0.15, 0.2) is 18.2 Å². The predicted octanol–water partition coefficient (Wildman–Crippen LogP) is 2.19. The highest BCUT2D eigenvalue weighted by atomic mass is 16.5. The molecule has 0 aliphatic heterocycles. The summed E-state index contributed by atoms with van der Waals surface area (Å²) in [6.07, 6.45) is 3.95. The van der Waals surface area contributed by atoms with Crippen LogP contribution in [0.2, 0.25) is 0 Å². The van der Waals surface area contributed by atoms with Gasteiger partial charge in [0.15, 0.2) is 11.5 Å². The van der Waals surface area contributed by atoms with Crippen molar-refractivity contribution in [2.75, 3.05) is 27.8 Å². The van der Waals surface area contributed by atoms with Crippen molar-refractivity contribution in [3.05, 3.63) is 23.8 Å². The maximum absolute atomic E-state index is 6.29. The van der Waals surface area contributed by atoms with Crippen molar-refractivity contribution in [3.63, 3.8) is 0 Å². The summed E-state index contributed by atoms with van der Waals surface area (Å²) in [5, 5.41) is 0. The van der Waals surface area contributed by atoms with Crippen molar-refractivity contribution in [2.45, 2.75) is 31.3 Å². The lowest BCUT2D eigenvalue weighted by atomic mass is 9.91. The molecule has 1 aliphatic carbocycles.